The van der Waals surface area contributed by atoms with Crippen LogP contribution >= 0.6 is 0 Å². The van der Waals surface area contributed by atoms with Crippen molar-refractivity contribution in [3.8, 4) is 5.75 Å². The van der Waals surface area contributed by atoms with E-state index in [4.69, 9.17) is 4.74 Å². The molecule has 2 nitrogen and oxygen atoms in total. The molecule has 0 saturated carbocycles. The fourth-order valence-corrected chi connectivity index (χ4v) is 1.71. The first-order valence-corrected chi connectivity index (χ1v) is 4.83. The zero-order valence-electron chi connectivity index (χ0n) is 8.95. The number of nitrogens with zero attached hydrogens (tertiary/aromatic N) is 1. The molecule has 0 saturated heterocycles. The van der Waals surface area contributed by atoms with Crippen molar-refractivity contribution in [2.45, 2.75) is 0 Å². The molecule has 0 spiro atoms. The maximum atomic E-state index is 5.56. The lowest BCUT2D eigenvalue weighted by molar-refractivity contribution is 0.356. The van der Waals surface area contributed by atoms with Crippen LogP contribution in [0, 0.1) is 0 Å². The van der Waals surface area contributed by atoms with Crippen molar-refractivity contribution in [1.29, 1.82) is 0 Å². The highest BCUT2D eigenvalue weighted by Crippen LogP contribution is 2.33. The summed E-state index contributed by atoms with van der Waals surface area (Å²) < 4.78 is 6.38. The van der Waals surface area contributed by atoms with Gasteiger partial charge in [-0.3, -0.25) is 4.48 Å². The van der Waals surface area contributed by atoms with Crippen molar-refractivity contribution < 1.29 is 4.74 Å². The van der Waals surface area contributed by atoms with Crippen LogP contribution in [0.3, 0.4) is 0 Å². The number of fused-ring (bicyclic) bond motifs is 1. The fourth-order valence-electron chi connectivity index (χ4n) is 1.71. The minimum absolute atomic E-state index is 0.688. The Morgan fingerprint density at radius 2 is 2.00 bits per heavy atom. The van der Waals surface area contributed by atoms with Gasteiger partial charge in [-0.15, -0.1) is 0 Å². The average molecular weight is 190 g/mol. The number of rotatable bonds is 1. The smallest absolute Gasteiger partial charge is 0.143 e. The highest BCUT2D eigenvalue weighted by atomic mass is 16.5. The second-order valence-corrected chi connectivity index (χ2v) is 4.41. The summed E-state index contributed by atoms with van der Waals surface area (Å²) in [5.74, 6) is 0.998. The summed E-state index contributed by atoms with van der Waals surface area (Å²) in [4.78, 5) is 0. The molecule has 0 N–H and O–H groups in total. The summed E-state index contributed by atoms with van der Waals surface area (Å²) in [5, 5.41) is 0. The SMILES string of the molecule is C[N+](C)(C)c1cccc2c1C=CCO2. The molecule has 14 heavy (non-hydrogen) atoms. The predicted molar refractivity (Wildman–Crippen MR) is 60.5 cm³/mol. The van der Waals surface area contributed by atoms with E-state index >= 15 is 0 Å². The molecule has 0 unspecified atom stereocenters. The molecular formula is C12H16NO+. The van der Waals surface area contributed by atoms with Crippen LogP contribution in [0.2, 0.25) is 0 Å². The molecular weight excluding hydrogens is 174 g/mol. The minimum Gasteiger partial charge on any atom is -0.489 e. The molecule has 0 amide bonds. The monoisotopic (exact) mass is 190 g/mol. The second-order valence-electron chi connectivity index (χ2n) is 4.41. The zero-order valence-corrected chi connectivity index (χ0v) is 8.95. The lowest BCUT2D eigenvalue weighted by Crippen LogP contribution is -2.35. The van der Waals surface area contributed by atoms with E-state index in [9.17, 15) is 0 Å². The van der Waals surface area contributed by atoms with Gasteiger partial charge < -0.3 is 4.74 Å². The molecule has 1 aliphatic rings. The van der Waals surface area contributed by atoms with E-state index in [1.807, 2.05) is 6.07 Å². The number of ether oxygens (including phenoxy) is 1. The third kappa shape index (κ3) is 1.53. The summed E-state index contributed by atoms with van der Waals surface area (Å²) >= 11 is 0. The van der Waals surface area contributed by atoms with Gasteiger partial charge in [-0.05, 0) is 24.3 Å². The Bertz CT molecular complexity index is 374. The summed E-state index contributed by atoms with van der Waals surface area (Å²) in [5.41, 5.74) is 2.50. The molecule has 0 bridgehead atoms. The fraction of sp³-hybridized carbons (Fsp3) is 0.333. The maximum absolute atomic E-state index is 5.56. The van der Waals surface area contributed by atoms with E-state index in [1.54, 1.807) is 0 Å². The molecule has 2 heteroatoms. The molecule has 0 atom stereocenters. The normalized spacial score (nSPS) is 14.8. The molecule has 2 rings (SSSR count). The summed E-state index contributed by atoms with van der Waals surface area (Å²) in [6, 6.07) is 6.23. The summed E-state index contributed by atoms with van der Waals surface area (Å²) in [7, 11) is 6.49. The third-order valence-corrected chi connectivity index (χ3v) is 2.39. The predicted octanol–water partition coefficient (Wildman–Crippen LogP) is 2.29. The standard InChI is InChI=1S/C12H16NO/c1-13(2,3)11-7-4-8-12-10(11)6-5-9-14-12/h4-8H,9H2,1-3H3/q+1. The van der Waals surface area contributed by atoms with Gasteiger partial charge in [-0.1, -0.05) is 6.07 Å². The van der Waals surface area contributed by atoms with Crippen LogP contribution in [0.4, 0.5) is 5.69 Å². The van der Waals surface area contributed by atoms with Gasteiger partial charge in [0, 0.05) is 0 Å². The lowest BCUT2D eigenvalue weighted by Gasteiger charge is -2.27. The van der Waals surface area contributed by atoms with Crippen LogP contribution in [0.25, 0.3) is 6.08 Å². The number of benzene rings is 1. The number of hydrogen-bond donors (Lipinski definition) is 0. The lowest BCUT2D eigenvalue weighted by atomic mass is 10.1. The Morgan fingerprint density at radius 1 is 1.21 bits per heavy atom. The van der Waals surface area contributed by atoms with Crippen molar-refractivity contribution in [1.82, 2.24) is 4.48 Å². The average Bonchev–Trinajstić information content (AvgIpc) is 2.15. The van der Waals surface area contributed by atoms with Crippen LogP contribution in [0.1, 0.15) is 5.56 Å². The van der Waals surface area contributed by atoms with Gasteiger partial charge >= 0.3 is 0 Å². The summed E-state index contributed by atoms with van der Waals surface area (Å²) in [6.07, 6.45) is 4.21. The summed E-state index contributed by atoms with van der Waals surface area (Å²) in [6.45, 7) is 0.688. The Labute approximate surface area is 85.0 Å². The van der Waals surface area contributed by atoms with Gasteiger partial charge in [0.05, 0.1) is 26.7 Å². The molecule has 1 aliphatic heterocycles. The molecule has 0 aromatic heterocycles. The second kappa shape index (κ2) is 3.14. The van der Waals surface area contributed by atoms with Crippen LogP contribution in [0.5, 0.6) is 5.75 Å². The molecule has 1 aromatic rings. The Morgan fingerprint density at radius 3 is 2.71 bits per heavy atom. The van der Waals surface area contributed by atoms with Crippen LogP contribution < -0.4 is 9.22 Å². The van der Waals surface area contributed by atoms with E-state index in [2.05, 4.69) is 45.4 Å². The molecule has 0 fully saturated rings. The Balaban J connectivity index is 2.58. The van der Waals surface area contributed by atoms with Gasteiger partial charge in [-0.2, -0.15) is 0 Å². The number of quaternary nitrogens is 1. The van der Waals surface area contributed by atoms with Crippen molar-refractivity contribution >= 4 is 11.8 Å². The number of hydrogen-bond acceptors (Lipinski definition) is 1. The zero-order chi connectivity index (χ0) is 10.2. The van der Waals surface area contributed by atoms with E-state index in [0.717, 1.165) is 10.2 Å². The van der Waals surface area contributed by atoms with E-state index in [-0.39, 0.29) is 0 Å². The maximum Gasteiger partial charge on any atom is 0.143 e. The van der Waals surface area contributed by atoms with Crippen LogP contribution in [0.15, 0.2) is 24.3 Å². The molecule has 0 aliphatic carbocycles. The minimum atomic E-state index is 0.688. The Kier molecular flexibility index (Phi) is 2.08. The van der Waals surface area contributed by atoms with E-state index in [1.165, 1.54) is 11.3 Å². The van der Waals surface area contributed by atoms with Crippen LogP contribution in [-0.4, -0.2) is 27.7 Å². The van der Waals surface area contributed by atoms with Crippen molar-refractivity contribution in [3.63, 3.8) is 0 Å². The van der Waals surface area contributed by atoms with Crippen molar-refractivity contribution in [3.05, 3.63) is 29.8 Å². The molecule has 1 heterocycles. The third-order valence-electron chi connectivity index (χ3n) is 2.39. The Hall–Kier alpha value is -1.28. The van der Waals surface area contributed by atoms with Crippen molar-refractivity contribution in [2.75, 3.05) is 27.7 Å². The van der Waals surface area contributed by atoms with Crippen LogP contribution in [-0.2, 0) is 0 Å². The first-order valence-electron chi connectivity index (χ1n) is 4.83. The molecule has 74 valence electrons. The first kappa shape index (κ1) is 9.28. The van der Waals surface area contributed by atoms with E-state index < -0.39 is 0 Å². The quantitative estimate of drug-likeness (QED) is 0.617. The largest absolute Gasteiger partial charge is 0.489 e. The van der Waals surface area contributed by atoms with Gasteiger partial charge in [0.25, 0.3) is 0 Å². The van der Waals surface area contributed by atoms with Gasteiger partial charge in [-0.25, -0.2) is 0 Å². The first-order chi connectivity index (χ1) is 6.59. The van der Waals surface area contributed by atoms with Gasteiger partial charge in [0.1, 0.15) is 18.0 Å². The molecule has 0 radical (unpaired) electrons. The highest BCUT2D eigenvalue weighted by molar-refractivity contribution is 5.72. The highest BCUT2D eigenvalue weighted by Gasteiger charge is 2.20. The van der Waals surface area contributed by atoms with Gasteiger partial charge in [0.15, 0.2) is 0 Å². The van der Waals surface area contributed by atoms with Crippen molar-refractivity contribution in [2.24, 2.45) is 0 Å². The molecule has 1 aromatic carbocycles. The van der Waals surface area contributed by atoms with E-state index in [0.29, 0.717) is 6.61 Å². The van der Waals surface area contributed by atoms with Gasteiger partial charge in [0.2, 0.25) is 0 Å². The topological polar surface area (TPSA) is 9.23 Å².